The number of benzene rings is 2. The van der Waals surface area contributed by atoms with Gasteiger partial charge in [-0.3, -0.25) is 9.59 Å². The van der Waals surface area contributed by atoms with E-state index >= 15 is 0 Å². The Balaban J connectivity index is 1.93. The fourth-order valence-electron chi connectivity index (χ4n) is 2.37. The van der Waals surface area contributed by atoms with Crippen LogP contribution in [0, 0.1) is 0 Å². The number of methoxy groups -OCH3 is 4. The molecule has 0 N–H and O–H groups in total. The molecule has 0 aliphatic heterocycles. The van der Waals surface area contributed by atoms with Crippen molar-refractivity contribution >= 4 is 44.0 Å². The predicted molar refractivity (Wildman–Crippen MR) is 122 cm³/mol. The lowest BCUT2D eigenvalue weighted by Gasteiger charge is -2.07. The fraction of sp³-hybridized carbons (Fsp3) is 0.182. The molecule has 158 valence electrons. The zero-order chi connectivity index (χ0) is 21.9. The highest BCUT2D eigenvalue weighted by Gasteiger charge is 2.07. The van der Waals surface area contributed by atoms with Gasteiger partial charge in [0.25, 0.3) is 0 Å². The van der Waals surface area contributed by atoms with Gasteiger partial charge in [-0.05, 0) is 70.2 Å². The van der Waals surface area contributed by atoms with Crippen LogP contribution in [0.15, 0.2) is 48.6 Å². The Morgan fingerprint density at radius 2 is 1.07 bits per heavy atom. The van der Waals surface area contributed by atoms with Gasteiger partial charge in [0.1, 0.15) is 23.0 Å². The Kier molecular flexibility index (Phi) is 9.37. The molecule has 0 bridgehead atoms. The molecule has 0 aliphatic rings. The highest BCUT2D eigenvalue weighted by molar-refractivity contribution is 8.87. The Morgan fingerprint density at radius 3 is 1.40 bits per heavy atom. The first kappa shape index (κ1) is 23.4. The summed E-state index contributed by atoms with van der Waals surface area (Å²) in [4.78, 5) is 24.1. The summed E-state index contributed by atoms with van der Waals surface area (Å²) < 4.78 is 20.9. The van der Waals surface area contributed by atoms with E-state index in [0.29, 0.717) is 23.0 Å². The van der Waals surface area contributed by atoms with Gasteiger partial charge in [0.2, 0.25) is 10.2 Å². The average molecular weight is 447 g/mol. The van der Waals surface area contributed by atoms with Gasteiger partial charge in [-0.15, -0.1) is 0 Å². The van der Waals surface area contributed by atoms with E-state index < -0.39 is 0 Å². The van der Waals surface area contributed by atoms with Crippen molar-refractivity contribution < 1.29 is 28.5 Å². The number of hydrogen-bond acceptors (Lipinski definition) is 8. The molecular weight excluding hydrogens is 424 g/mol. The smallest absolute Gasteiger partial charge is 0.223 e. The van der Waals surface area contributed by atoms with Crippen LogP contribution in [-0.4, -0.2) is 38.7 Å². The second kappa shape index (κ2) is 12.0. The van der Waals surface area contributed by atoms with Crippen LogP contribution in [0.1, 0.15) is 11.1 Å². The van der Waals surface area contributed by atoms with Gasteiger partial charge in [-0.1, -0.05) is 0 Å². The third-order valence-electron chi connectivity index (χ3n) is 3.89. The standard InChI is InChI=1S/C22H22O6S2/c1-25-17-9-5-15(19(13-17)27-3)7-11-21(23)29-30-22(24)12-8-16-6-10-18(26-2)14-20(16)28-4/h5-14H,1-4H3/b11-7+,12-8+. The van der Waals surface area contributed by atoms with Crippen molar-refractivity contribution in [3.63, 3.8) is 0 Å². The van der Waals surface area contributed by atoms with E-state index in [1.807, 2.05) is 0 Å². The molecule has 30 heavy (non-hydrogen) atoms. The molecule has 2 aromatic rings. The van der Waals surface area contributed by atoms with Gasteiger partial charge in [0.05, 0.1) is 28.4 Å². The van der Waals surface area contributed by atoms with E-state index in [0.717, 1.165) is 32.7 Å². The maximum atomic E-state index is 12.1. The van der Waals surface area contributed by atoms with Gasteiger partial charge < -0.3 is 18.9 Å². The van der Waals surface area contributed by atoms with Crippen LogP contribution < -0.4 is 18.9 Å². The minimum atomic E-state index is -0.262. The highest BCUT2D eigenvalue weighted by Crippen LogP contribution is 2.29. The second-order valence-corrected chi connectivity index (χ2v) is 7.83. The molecule has 0 saturated carbocycles. The van der Waals surface area contributed by atoms with Crippen LogP contribution in [0.25, 0.3) is 12.2 Å². The Labute approximate surface area is 183 Å². The molecule has 0 atom stereocenters. The topological polar surface area (TPSA) is 71.1 Å². The molecule has 0 amide bonds. The zero-order valence-electron chi connectivity index (χ0n) is 17.0. The lowest BCUT2D eigenvalue weighted by atomic mass is 10.2. The van der Waals surface area contributed by atoms with E-state index in [1.54, 1.807) is 77.0 Å². The third-order valence-corrected chi connectivity index (χ3v) is 5.80. The summed E-state index contributed by atoms with van der Waals surface area (Å²) in [6.07, 6.45) is 6.06. The molecule has 8 heteroatoms. The minimum absolute atomic E-state index is 0.262. The molecule has 2 rings (SSSR count). The molecule has 0 aromatic heterocycles. The first-order chi connectivity index (χ1) is 14.5. The number of carbonyl (C=O) groups excluding carboxylic acids is 2. The summed E-state index contributed by atoms with van der Waals surface area (Å²) in [6.45, 7) is 0. The Hall–Kier alpha value is -2.84. The molecule has 0 heterocycles. The van der Waals surface area contributed by atoms with Crippen LogP contribution >= 0.6 is 21.6 Å². The largest absolute Gasteiger partial charge is 0.497 e. The van der Waals surface area contributed by atoms with Gasteiger partial charge in [-0.25, -0.2) is 0 Å². The van der Waals surface area contributed by atoms with Crippen LogP contribution in [0.3, 0.4) is 0 Å². The second-order valence-electron chi connectivity index (χ2n) is 5.69. The molecular formula is C22H22O6S2. The van der Waals surface area contributed by atoms with Crippen molar-refractivity contribution in [1.29, 1.82) is 0 Å². The van der Waals surface area contributed by atoms with Crippen molar-refractivity contribution in [1.82, 2.24) is 0 Å². The highest BCUT2D eigenvalue weighted by atomic mass is 33.1. The molecule has 0 spiro atoms. The van der Waals surface area contributed by atoms with Gasteiger partial charge in [0, 0.05) is 23.3 Å². The van der Waals surface area contributed by atoms with Gasteiger partial charge >= 0.3 is 0 Å². The summed E-state index contributed by atoms with van der Waals surface area (Å²) in [5.74, 6) is 2.49. The molecule has 0 fully saturated rings. The third kappa shape index (κ3) is 6.89. The van der Waals surface area contributed by atoms with Crippen molar-refractivity contribution in [2.45, 2.75) is 0 Å². The SMILES string of the molecule is COc1ccc(/C=C/C(=O)SSC(=O)/C=C/c2ccc(OC)cc2OC)c(OC)c1. The van der Waals surface area contributed by atoms with Crippen LogP contribution in [0.5, 0.6) is 23.0 Å². The Bertz CT molecular complexity index is 875. The quantitative estimate of drug-likeness (QED) is 0.420. The minimum Gasteiger partial charge on any atom is -0.497 e. The van der Waals surface area contributed by atoms with Crippen molar-refractivity contribution in [2.24, 2.45) is 0 Å². The lowest BCUT2D eigenvalue weighted by Crippen LogP contribution is -1.91. The maximum absolute atomic E-state index is 12.1. The van der Waals surface area contributed by atoms with Crippen LogP contribution in [-0.2, 0) is 9.59 Å². The summed E-state index contributed by atoms with van der Waals surface area (Å²) in [5.41, 5.74) is 1.46. The van der Waals surface area contributed by atoms with Gasteiger partial charge in [0.15, 0.2) is 0 Å². The molecule has 0 saturated heterocycles. The number of carbonyl (C=O) groups is 2. The van der Waals surface area contributed by atoms with E-state index in [9.17, 15) is 9.59 Å². The van der Waals surface area contributed by atoms with E-state index in [-0.39, 0.29) is 10.2 Å². The molecule has 0 unspecified atom stereocenters. The molecule has 0 aliphatic carbocycles. The fourth-order valence-corrected chi connectivity index (χ4v) is 3.60. The molecule has 6 nitrogen and oxygen atoms in total. The van der Waals surface area contributed by atoms with Crippen molar-refractivity contribution in [3.05, 3.63) is 59.7 Å². The van der Waals surface area contributed by atoms with Crippen molar-refractivity contribution in [3.8, 4) is 23.0 Å². The lowest BCUT2D eigenvalue weighted by molar-refractivity contribution is -0.108. The van der Waals surface area contributed by atoms with Crippen molar-refractivity contribution in [2.75, 3.05) is 28.4 Å². The summed E-state index contributed by atoms with van der Waals surface area (Å²) in [6, 6.07) is 10.6. The summed E-state index contributed by atoms with van der Waals surface area (Å²) in [5, 5.41) is -0.525. The van der Waals surface area contributed by atoms with Crippen LogP contribution in [0.2, 0.25) is 0 Å². The Morgan fingerprint density at radius 1 is 0.667 bits per heavy atom. The normalized spacial score (nSPS) is 10.9. The zero-order valence-corrected chi connectivity index (χ0v) is 18.7. The summed E-state index contributed by atoms with van der Waals surface area (Å²) >= 11 is 0. The van der Waals surface area contributed by atoms with E-state index in [2.05, 4.69) is 0 Å². The van der Waals surface area contributed by atoms with E-state index in [1.165, 1.54) is 12.2 Å². The first-order valence-corrected chi connectivity index (χ1v) is 10.9. The number of hydrogen-bond donors (Lipinski definition) is 0. The van der Waals surface area contributed by atoms with Crippen LogP contribution in [0.4, 0.5) is 0 Å². The predicted octanol–water partition coefficient (Wildman–Crippen LogP) is 4.88. The molecule has 2 aromatic carbocycles. The molecule has 0 radical (unpaired) electrons. The average Bonchev–Trinajstić information content (AvgIpc) is 2.79. The first-order valence-electron chi connectivity index (χ1n) is 8.73. The maximum Gasteiger partial charge on any atom is 0.223 e. The monoisotopic (exact) mass is 446 g/mol. The van der Waals surface area contributed by atoms with E-state index in [4.69, 9.17) is 18.9 Å². The van der Waals surface area contributed by atoms with Gasteiger partial charge in [-0.2, -0.15) is 0 Å². The summed E-state index contributed by atoms with van der Waals surface area (Å²) in [7, 11) is 7.92. The number of rotatable bonds is 8. The number of ether oxygens (including phenoxy) is 4.